The molecule has 1 heterocycles. The molecule has 3 aliphatic rings. The van der Waals surface area contributed by atoms with Gasteiger partial charge in [0.25, 0.3) is 0 Å². The summed E-state index contributed by atoms with van der Waals surface area (Å²) in [5.74, 6) is 1.55. The summed E-state index contributed by atoms with van der Waals surface area (Å²) in [6.07, 6.45) is 5.36. The molecule has 7 aromatic rings. The Kier molecular flexibility index (Phi) is 5.31. The molecule has 0 aliphatic heterocycles. The molecule has 0 radical (unpaired) electrons. The maximum absolute atomic E-state index is 6.41. The van der Waals surface area contributed by atoms with E-state index >= 15 is 0 Å². The van der Waals surface area contributed by atoms with Crippen LogP contribution in [0.5, 0.6) is 0 Å². The first-order chi connectivity index (χ1) is 22.3. The van der Waals surface area contributed by atoms with E-state index in [1.807, 2.05) is 0 Å². The second-order valence-corrected chi connectivity index (χ2v) is 13.3. The van der Waals surface area contributed by atoms with Crippen LogP contribution in [0.1, 0.15) is 36.8 Å². The predicted octanol–water partition coefficient (Wildman–Crippen LogP) is 11.8. The third-order valence-electron chi connectivity index (χ3n) is 11.1. The monoisotopic (exact) mass is 579 g/mol. The Labute approximate surface area is 263 Å². The Hall–Kier alpha value is -5.08. The summed E-state index contributed by atoms with van der Waals surface area (Å²) in [4.78, 5) is 2.47. The maximum Gasteiger partial charge on any atom is 0.137 e. The molecule has 45 heavy (non-hydrogen) atoms. The number of benzene rings is 6. The van der Waals surface area contributed by atoms with Crippen LogP contribution in [0.3, 0.4) is 0 Å². The molecular weight excluding hydrogens is 546 g/mol. The summed E-state index contributed by atoms with van der Waals surface area (Å²) in [5.41, 5.74) is 13.8. The van der Waals surface area contributed by atoms with Gasteiger partial charge < -0.3 is 9.32 Å². The van der Waals surface area contributed by atoms with E-state index in [0.717, 1.165) is 45.1 Å². The molecule has 1 spiro atoms. The van der Waals surface area contributed by atoms with Crippen molar-refractivity contribution >= 4 is 39.0 Å². The molecule has 2 saturated carbocycles. The molecule has 0 amide bonds. The van der Waals surface area contributed by atoms with Crippen LogP contribution in [0.15, 0.2) is 144 Å². The number of hydrogen-bond donors (Lipinski definition) is 0. The summed E-state index contributed by atoms with van der Waals surface area (Å²) in [6.45, 7) is 0. The second-order valence-electron chi connectivity index (χ2n) is 13.3. The SMILES string of the molecule is c1ccc(-c2cccc(N(c3ccc4c(c3)[C@@]3(C[C@H]5CC[C@@H]3C5)c3ccccc3-4)c3cccc4oc5ccccc5c34)c2)cc1. The van der Waals surface area contributed by atoms with E-state index < -0.39 is 0 Å². The van der Waals surface area contributed by atoms with Crippen molar-refractivity contribution < 1.29 is 4.42 Å². The highest BCUT2D eigenvalue weighted by Crippen LogP contribution is 2.66. The maximum atomic E-state index is 6.41. The molecule has 2 heteroatoms. The van der Waals surface area contributed by atoms with Gasteiger partial charge in [-0.15, -0.1) is 0 Å². The Bertz CT molecular complexity index is 2260. The largest absolute Gasteiger partial charge is 0.456 e. The minimum absolute atomic E-state index is 0.122. The summed E-state index contributed by atoms with van der Waals surface area (Å²) in [7, 11) is 0. The minimum atomic E-state index is 0.122. The lowest BCUT2D eigenvalue weighted by Crippen LogP contribution is -2.32. The number of fused-ring (bicyclic) bond motifs is 11. The predicted molar refractivity (Wildman–Crippen MR) is 186 cm³/mol. The standard InChI is InChI=1S/C43H33NO/c1-2-10-29(11-3-1)30-12-8-13-32(25-30)44(39-17-9-19-41-42(39)36-15-5-7-18-40(36)45-41)33-22-23-35-34-14-4-6-16-37(34)43(38(35)26-33)27-28-20-21-31(43)24-28/h1-19,22-23,25-26,28,31H,20-21,24,27H2/t28-,31+,43+/m0/s1. The van der Waals surface area contributed by atoms with Gasteiger partial charge in [0, 0.05) is 22.2 Å². The molecule has 3 aliphatic carbocycles. The Morgan fingerprint density at radius 1 is 0.578 bits per heavy atom. The Balaban J connectivity index is 1.23. The van der Waals surface area contributed by atoms with Crippen molar-refractivity contribution in [1.29, 1.82) is 0 Å². The van der Waals surface area contributed by atoms with Crippen LogP contribution in [-0.2, 0) is 5.41 Å². The average molecular weight is 580 g/mol. The quantitative estimate of drug-likeness (QED) is 0.206. The highest BCUT2D eigenvalue weighted by atomic mass is 16.3. The van der Waals surface area contributed by atoms with Crippen LogP contribution < -0.4 is 4.90 Å². The van der Waals surface area contributed by atoms with E-state index in [1.165, 1.54) is 59.2 Å². The lowest BCUT2D eigenvalue weighted by atomic mass is 9.67. The summed E-state index contributed by atoms with van der Waals surface area (Å²) >= 11 is 0. The number of hydrogen-bond acceptors (Lipinski definition) is 2. The van der Waals surface area contributed by atoms with Gasteiger partial charge in [0.2, 0.25) is 0 Å². The molecule has 2 fully saturated rings. The molecule has 0 saturated heterocycles. The third-order valence-corrected chi connectivity index (χ3v) is 11.1. The van der Waals surface area contributed by atoms with Crippen LogP contribution in [0.4, 0.5) is 17.1 Å². The Morgan fingerprint density at radius 3 is 2.22 bits per heavy atom. The van der Waals surface area contributed by atoms with Crippen molar-refractivity contribution in [1.82, 2.24) is 0 Å². The van der Waals surface area contributed by atoms with Crippen molar-refractivity contribution in [2.75, 3.05) is 4.90 Å². The van der Waals surface area contributed by atoms with Gasteiger partial charge in [0.05, 0.1) is 11.1 Å². The lowest BCUT2D eigenvalue weighted by Gasteiger charge is -2.37. The second kappa shape index (κ2) is 9.46. The molecule has 2 nitrogen and oxygen atoms in total. The van der Waals surface area contributed by atoms with Gasteiger partial charge in [0.1, 0.15) is 11.2 Å². The number of para-hydroxylation sites is 1. The van der Waals surface area contributed by atoms with Gasteiger partial charge in [0.15, 0.2) is 0 Å². The van der Waals surface area contributed by atoms with Crippen LogP contribution >= 0.6 is 0 Å². The van der Waals surface area contributed by atoms with Crippen LogP contribution in [-0.4, -0.2) is 0 Å². The van der Waals surface area contributed by atoms with E-state index in [0.29, 0.717) is 0 Å². The van der Waals surface area contributed by atoms with Gasteiger partial charge in [-0.2, -0.15) is 0 Å². The normalized spacial score (nSPS) is 21.1. The summed E-state index contributed by atoms with van der Waals surface area (Å²) in [5, 5.41) is 2.29. The zero-order valence-electron chi connectivity index (χ0n) is 25.1. The van der Waals surface area contributed by atoms with Gasteiger partial charge in [-0.05, 0) is 107 Å². The fourth-order valence-electron chi connectivity index (χ4n) is 9.34. The van der Waals surface area contributed by atoms with Crippen LogP contribution in [0.25, 0.3) is 44.2 Å². The molecule has 0 unspecified atom stereocenters. The zero-order chi connectivity index (χ0) is 29.5. The molecule has 3 atom stereocenters. The average Bonchev–Trinajstić information content (AvgIpc) is 3.87. The fraction of sp³-hybridized carbons (Fsp3) is 0.163. The zero-order valence-corrected chi connectivity index (χ0v) is 25.1. The van der Waals surface area contributed by atoms with E-state index in [-0.39, 0.29) is 5.41 Å². The number of rotatable bonds is 4. The fourth-order valence-corrected chi connectivity index (χ4v) is 9.34. The van der Waals surface area contributed by atoms with Gasteiger partial charge in [-0.1, -0.05) is 103 Å². The highest BCUT2D eigenvalue weighted by molar-refractivity contribution is 6.13. The first kappa shape index (κ1) is 25.3. The topological polar surface area (TPSA) is 16.4 Å². The number of anilines is 3. The first-order valence-corrected chi connectivity index (χ1v) is 16.4. The van der Waals surface area contributed by atoms with E-state index in [2.05, 4.69) is 144 Å². The van der Waals surface area contributed by atoms with Crippen LogP contribution in [0, 0.1) is 11.8 Å². The number of nitrogens with zero attached hydrogens (tertiary/aromatic N) is 1. The molecule has 0 N–H and O–H groups in total. The van der Waals surface area contributed by atoms with Crippen molar-refractivity contribution in [3.05, 3.63) is 151 Å². The molecule has 216 valence electrons. The molecule has 1 aromatic heterocycles. The number of furan rings is 1. The smallest absolute Gasteiger partial charge is 0.137 e. The van der Waals surface area contributed by atoms with Crippen molar-refractivity contribution in [3.8, 4) is 22.3 Å². The van der Waals surface area contributed by atoms with Gasteiger partial charge >= 0.3 is 0 Å². The minimum Gasteiger partial charge on any atom is -0.456 e. The molecule has 2 bridgehead atoms. The first-order valence-electron chi connectivity index (χ1n) is 16.4. The summed E-state index contributed by atoms with van der Waals surface area (Å²) < 4.78 is 6.41. The Morgan fingerprint density at radius 2 is 1.33 bits per heavy atom. The molecular formula is C43H33NO. The van der Waals surface area contributed by atoms with E-state index in [4.69, 9.17) is 4.42 Å². The summed E-state index contributed by atoms with van der Waals surface area (Å²) in [6, 6.07) is 51.2. The van der Waals surface area contributed by atoms with Crippen molar-refractivity contribution in [3.63, 3.8) is 0 Å². The van der Waals surface area contributed by atoms with Gasteiger partial charge in [-0.25, -0.2) is 0 Å². The third kappa shape index (κ3) is 3.57. The highest BCUT2D eigenvalue weighted by Gasteiger charge is 2.56. The molecule has 10 rings (SSSR count). The molecule has 6 aromatic carbocycles. The van der Waals surface area contributed by atoms with Crippen molar-refractivity contribution in [2.45, 2.75) is 31.1 Å². The van der Waals surface area contributed by atoms with E-state index in [9.17, 15) is 0 Å². The van der Waals surface area contributed by atoms with E-state index in [1.54, 1.807) is 5.56 Å². The van der Waals surface area contributed by atoms with Gasteiger partial charge in [-0.3, -0.25) is 0 Å². The van der Waals surface area contributed by atoms with Crippen LogP contribution in [0.2, 0.25) is 0 Å². The lowest BCUT2D eigenvalue weighted by molar-refractivity contribution is 0.327. The van der Waals surface area contributed by atoms with Crippen molar-refractivity contribution in [2.24, 2.45) is 11.8 Å².